The number of hydrogen-bond donors (Lipinski definition) is 1. The molecule has 6 heteroatoms. The second kappa shape index (κ2) is 5.96. The highest BCUT2D eigenvalue weighted by atomic mass is 32.1. The fourth-order valence-electron chi connectivity index (χ4n) is 2.19. The van der Waals surface area contributed by atoms with Crippen molar-refractivity contribution >= 4 is 33.2 Å². The van der Waals surface area contributed by atoms with E-state index in [1.165, 1.54) is 25.6 Å². The summed E-state index contributed by atoms with van der Waals surface area (Å²) in [6.45, 7) is 3.36. The van der Waals surface area contributed by atoms with Gasteiger partial charge in [-0.25, -0.2) is 0 Å². The molecule has 1 heterocycles. The van der Waals surface area contributed by atoms with Crippen LogP contribution in [0.1, 0.15) is 29.9 Å². The molecule has 0 unspecified atom stereocenters. The Bertz CT molecular complexity index is 729. The zero-order valence-electron chi connectivity index (χ0n) is 12.9. The van der Waals surface area contributed by atoms with E-state index in [-0.39, 0.29) is 18.0 Å². The van der Waals surface area contributed by atoms with E-state index in [1.54, 1.807) is 32.0 Å². The third-order valence-corrected chi connectivity index (χ3v) is 4.57. The van der Waals surface area contributed by atoms with E-state index in [0.717, 1.165) is 10.1 Å². The second-order valence-corrected chi connectivity index (χ2v) is 6.73. The van der Waals surface area contributed by atoms with Gasteiger partial charge < -0.3 is 14.6 Å². The van der Waals surface area contributed by atoms with Crippen molar-refractivity contribution in [2.45, 2.75) is 20.3 Å². The third-order valence-electron chi connectivity index (χ3n) is 3.43. The molecule has 2 aromatic rings. The van der Waals surface area contributed by atoms with Crippen LogP contribution in [0.2, 0.25) is 0 Å². The highest BCUT2D eigenvalue weighted by Crippen LogP contribution is 2.37. The summed E-state index contributed by atoms with van der Waals surface area (Å²) < 4.78 is 10.6. The molecule has 5 nitrogen and oxygen atoms in total. The number of methoxy groups -OCH3 is 2. The van der Waals surface area contributed by atoms with E-state index in [0.29, 0.717) is 10.6 Å². The number of carbonyl (C=O) groups is 2. The Balaban J connectivity index is 2.31. The van der Waals surface area contributed by atoms with Crippen LogP contribution < -0.4 is 4.74 Å². The molecule has 0 aliphatic heterocycles. The van der Waals surface area contributed by atoms with Gasteiger partial charge in [-0.05, 0) is 31.4 Å². The second-order valence-electron chi connectivity index (χ2n) is 5.65. The van der Waals surface area contributed by atoms with E-state index < -0.39 is 11.4 Å². The minimum atomic E-state index is -0.873. The Morgan fingerprint density at radius 3 is 2.50 bits per heavy atom. The van der Waals surface area contributed by atoms with Gasteiger partial charge in [-0.3, -0.25) is 9.59 Å². The van der Waals surface area contributed by atoms with Crippen LogP contribution in [-0.4, -0.2) is 31.1 Å². The van der Waals surface area contributed by atoms with E-state index in [1.807, 2.05) is 0 Å². The van der Waals surface area contributed by atoms with Crippen LogP contribution in [0.5, 0.6) is 11.5 Å². The summed E-state index contributed by atoms with van der Waals surface area (Å²) >= 11 is 1.31. The van der Waals surface area contributed by atoms with Gasteiger partial charge in [0.1, 0.15) is 0 Å². The SMILES string of the molecule is COC(=O)C(C)(C)CC(=O)c1cc2cc(O)c(OC)cc2s1. The molecular weight excluding hydrogens is 304 g/mol. The average molecular weight is 322 g/mol. The standard InChI is InChI=1S/C16H18O5S/c1-16(2,15(19)21-4)8-11(18)14-6-9-5-10(17)12(20-3)7-13(9)22-14/h5-7,17H,8H2,1-4H3. The normalized spacial score (nSPS) is 11.5. The molecule has 1 aromatic carbocycles. The highest BCUT2D eigenvalue weighted by molar-refractivity contribution is 7.20. The Labute approximate surface area is 132 Å². The summed E-state index contributed by atoms with van der Waals surface area (Å²) in [6, 6.07) is 4.97. The van der Waals surface area contributed by atoms with Crippen molar-refractivity contribution in [1.82, 2.24) is 0 Å². The fraction of sp³-hybridized carbons (Fsp3) is 0.375. The largest absolute Gasteiger partial charge is 0.504 e. The number of hydrogen-bond acceptors (Lipinski definition) is 6. The lowest BCUT2D eigenvalue weighted by molar-refractivity contribution is -0.150. The number of rotatable bonds is 5. The molecule has 118 valence electrons. The van der Waals surface area contributed by atoms with Crippen LogP contribution in [0.25, 0.3) is 10.1 Å². The molecule has 0 aliphatic carbocycles. The van der Waals surface area contributed by atoms with Crippen molar-refractivity contribution in [3.63, 3.8) is 0 Å². The van der Waals surface area contributed by atoms with Crippen molar-refractivity contribution in [2.24, 2.45) is 5.41 Å². The highest BCUT2D eigenvalue weighted by Gasteiger charge is 2.32. The van der Waals surface area contributed by atoms with Crippen molar-refractivity contribution in [2.75, 3.05) is 14.2 Å². The van der Waals surface area contributed by atoms with Gasteiger partial charge >= 0.3 is 5.97 Å². The summed E-state index contributed by atoms with van der Waals surface area (Å²) in [5, 5.41) is 10.5. The summed E-state index contributed by atoms with van der Waals surface area (Å²) in [7, 11) is 2.78. The summed E-state index contributed by atoms with van der Waals surface area (Å²) in [6.07, 6.45) is 0.0651. The van der Waals surface area contributed by atoms with Gasteiger partial charge in [0.25, 0.3) is 0 Å². The number of aromatic hydroxyl groups is 1. The average Bonchev–Trinajstić information content (AvgIpc) is 2.87. The predicted molar refractivity (Wildman–Crippen MR) is 84.8 cm³/mol. The van der Waals surface area contributed by atoms with Crippen molar-refractivity contribution in [1.29, 1.82) is 0 Å². The fourth-order valence-corrected chi connectivity index (χ4v) is 3.20. The lowest BCUT2D eigenvalue weighted by atomic mass is 9.87. The molecule has 1 N–H and O–H groups in total. The molecule has 0 atom stereocenters. The summed E-state index contributed by atoms with van der Waals surface area (Å²) in [4.78, 5) is 24.6. The zero-order valence-corrected chi connectivity index (χ0v) is 13.7. The van der Waals surface area contributed by atoms with Gasteiger partial charge in [0.2, 0.25) is 0 Å². The first kappa shape index (κ1) is 16.3. The predicted octanol–water partition coefficient (Wildman–Crippen LogP) is 3.39. The van der Waals surface area contributed by atoms with Crippen LogP contribution >= 0.6 is 11.3 Å². The van der Waals surface area contributed by atoms with Crippen molar-refractivity contribution in [3.8, 4) is 11.5 Å². The number of Topliss-reactive ketones (excluding diaryl/α,β-unsaturated/α-hetero) is 1. The number of fused-ring (bicyclic) bond motifs is 1. The van der Waals surface area contributed by atoms with E-state index in [2.05, 4.69) is 0 Å². The van der Waals surface area contributed by atoms with E-state index in [4.69, 9.17) is 9.47 Å². The van der Waals surface area contributed by atoms with E-state index in [9.17, 15) is 14.7 Å². The van der Waals surface area contributed by atoms with Gasteiger partial charge in [-0.15, -0.1) is 11.3 Å². The molecule has 0 amide bonds. The van der Waals surface area contributed by atoms with Gasteiger partial charge in [0.15, 0.2) is 17.3 Å². The molecule has 0 saturated carbocycles. The van der Waals surface area contributed by atoms with Crippen LogP contribution in [-0.2, 0) is 9.53 Å². The lowest BCUT2D eigenvalue weighted by Crippen LogP contribution is -2.28. The smallest absolute Gasteiger partial charge is 0.311 e. The number of phenolic OH excluding ortho intramolecular Hbond substituents is 1. The van der Waals surface area contributed by atoms with Crippen LogP contribution in [0.3, 0.4) is 0 Å². The first-order chi connectivity index (χ1) is 10.3. The van der Waals surface area contributed by atoms with E-state index >= 15 is 0 Å². The van der Waals surface area contributed by atoms with Gasteiger partial charge in [0, 0.05) is 17.2 Å². The minimum absolute atomic E-state index is 0.0293. The number of carbonyl (C=O) groups excluding carboxylic acids is 2. The monoisotopic (exact) mass is 322 g/mol. The molecule has 0 spiro atoms. The Kier molecular flexibility index (Phi) is 4.42. The molecule has 0 bridgehead atoms. The molecule has 22 heavy (non-hydrogen) atoms. The molecule has 2 rings (SSSR count). The van der Waals surface area contributed by atoms with Gasteiger partial charge in [-0.1, -0.05) is 0 Å². The Morgan fingerprint density at radius 1 is 1.23 bits per heavy atom. The van der Waals surface area contributed by atoms with Gasteiger partial charge in [-0.2, -0.15) is 0 Å². The molecule has 0 saturated heterocycles. The van der Waals surface area contributed by atoms with Gasteiger partial charge in [0.05, 0.1) is 24.5 Å². The number of thiophene rings is 1. The van der Waals surface area contributed by atoms with Crippen LogP contribution in [0.4, 0.5) is 0 Å². The summed E-state index contributed by atoms with van der Waals surface area (Å²) in [5.74, 6) is -0.152. The lowest BCUT2D eigenvalue weighted by Gasteiger charge is -2.19. The maximum absolute atomic E-state index is 12.4. The maximum Gasteiger partial charge on any atom is 0.311 e. The number of ether oxygens (including phenoxy) is 2. The molecular formula is C16H18O5S. The first-order valence-corrected chi connectivity index (χ1v) is 7.52. The number of ketones is 1. The minimum Gasteiger partial charge on any atom is -0.504 e. The topological polar surface area (TPSA) is 72.8 Å². The number of benzene rings is 1. The third kappa shape index (κ3) is 3.06. The van der Waals surface area contributed by atoms with Crippen LogP contribution in [0.15, 0.2) is 18.2 Å². The first-order valence-electron chi connectivity index (χ1n) is 6.70. The quantitative estimate of drug-likeness (QED) is 0.675. The molecule has 0 fully saturated rings. The molecule has 0 radical (unpaired) electrons. The zero-order chi connectivity index (χ0) is 16.5. The number of phenols is 1. The molecule has 0 aliphatic rings. The Hall–Kier alpha value is -2.08. The maximum atomic E-state index is 12.4. The van der Waals surface area contributed by atoms with Crippen molar-refractivity contribution in [3.05, 3.63) is 23.1 Å². The molecule has 1 aromatic heterocycles. The van der Waals surface area contributed by atoms with Crippen LogP contribution in [0, 0.1) is 5.41 Å². The summed E-state index contributed by atoms with van der Waals surface area (Å²) in [5.41, 5.74) is -0.873. The Morgan fingerprint density at radius 2 is 1.91 bits per heavy atom. The van der Waals surface area contributed by atoms with Crippen molar-refractivity contribution < 1.29 is 24.2 Å². The number of esters is 1.